The van der Waals surface area contributed by atoms with Gasteiger partial charge in [0.25, 0.3) is 0 Å². The van der Waals surface area contributed by atoms with E-state index in [0.29, 0.717) is 17.0 Å². The molecule has 0 unspecified atom stereocenters. The van der Waals surface area contributed by atoms with Crippen molar-refractivity contribution in [2.75, 3.05) is 7.11 Å². The second kappa shape index (κ2) is 7.32. The molecule has 4 heteroatoms. The summed E-state index contributed by atoms with van der Waals surface area (Å²) in [5.41, 5.74) is 2.10. The molecular formula is C25H32NO3+. The van der Waals surface area contributed by atoms with E-state index >= 15 is 0 Å². The van der Waals surface area contributed by atoms with Crippen molar-refractivity contribution in [3.8, 4) is 11.3 Å². The fourth-order valence-electron chi connectivity index (χ4n) is 6.81. The van der Waals surface area contributed by atoms with E-state index < -0.39 is 0 Å². The number of benzene rings is 1. The molecule has 29 heavy (non-hydrogen) atoms. The highest BCUT2D eigenvalue weighted by Crippen LogP contribution is 2.60. The Labute approximate surface area is 173 Å². The molecule has 6 rings (SSSR count). The number of carbonyl (C=O) groups excluding carboxylic acids is 1. The van der Waals surface area contributed by atoms with Gasteiger partial charge in [0.2, 0.25) is 0 Å². The molecule has 0 radical (unpaired) electrons. The summed E-state index contributed by atoms with van der Waals surface area (Å²) in [6, 6.07) is 12.2. The van der Waals surface area contributed by atoms with Gasteiger partial charge in [0.05, 0.1) is 18.7 Å². The molecule has 1 aromatic heterocycles. The highest BCUT2D eigenvalue weighted by atomic mass is 16.5. The Hall–Kier alpha value is -2.07. The number of ether oxygens (including phenoxy) is 1. The Bertz CT molecular complexity index is 846. The van der Waals surface area contributed by atoms with E-state index in [4.69, 9.17) is 9.15 Å². The van der Waals surface area contributed by atoms with Crippen molar-refractivity contribution in [1.29, 1.82) is 0 Å². The molecule has 4 nitrogen and oxygen atoms in total. The highest BCUT2D eigenvalue weighted by molar-refractivity contribution is 5.89. The van der Waals surface area contributed by atoms with Gasteiger partial charge in [0.15, 0.2) is 5.76 Å². The molecule has 0 saturated heterocycles. The molecule has 1 atom stereocenters. The zero-order valence-corrected chi connectivity index (χ0v) is 17.5. The van der Waals surface area contributed by atoms with E-state index in [1.54, 1.807) is 12.1 Å². The van der Waals surface area contributed by atoms with Crippen molar-refractivity contribution in [3.05, 3.63) is 47.7 Å². The molecule has 154 valence electrons. The van der Waals surface area contributed by atoms with Crippen LogP contribution < -0.4 is 5.32 Å². The Kier molecular flexibility index (Phi) is 4.78. The van der Waals surface area contributed by atoms with E-state index in [0.717, 1.165) is 41.4 Å². The molecule has 2 aromatic rings. The number of quaternary nitrogens is 1. The lowest BCUT2D eigenvalue weighted by Gasteiger charge is -2.57. The molecule has 4 aliphatic carbocycles. The molecule has 1 aromatic carbocycles. The summed E-state index contributed by atoms with van der Waals surface area (Å²) in [7, 11) is 1.40. The first-order valence-electron chi connectivity index (χ1n) is 11.2. The number of carbonyl (C=O) groups is 1. The van der Waals surface area contributed by atoms with Crippen LogP contribution in [-0.4, -0.2) is 19.1 Å². The van der Waals surface area contributed by atoms with E-state index in [9.17, 15) is 4.79 Å². The Balaban J connectivity index is 1.22. The van der Waals surface area contributed by atoms with Crippen molar-refractivity contribution in [2.24, 2.45) is 23.2 Å². The topological polar surface area (TPSA) is 56.0 Å². The summed E-state index contributed by atoms with van der Waals surface area (Å²) in [6.07, 6.45) is 8.86. The quantitative estimate of drug-likeness (QED) is 0.739. The normalized spacial score (nSPS) is 31.0. The van der Waals surface area contributed by atoms with E-state index in [1.165, 1.54) is 45.6 Å². The van der Waals surface area contributed by atoms with Gasteiger partial charge in [0.1, 0.15) is 12.3 Å². The second-order valence-corrected chi connectivity index (χ2v) is 9.84. The minimum Gasteiger partial charge on any atom is -0.465 e. The molecule has 2 N–H and O–H groups in total. The summed E-state index contributed by atoms with van der Waals surface area (Å²) < 4.78 is 10.9. The van der Waals surface area contributed by atoms with Crippen LogP contribution in [0.4, 0.5) is 0 Å². The lowest BCUT2D eigenvalue weighted by atomic mass is 9.48. The third-order valence-electron chi connectivity index (χ3n) is 7.98. The Morgan fingerprint density at radius 1 is 1.07 bits per heavy atom. The van der Waals surface area contributed by atoms with Crippen molar-refractivity contribution in [1.82, 2.24) is 0 Å². The number of esters is 1. The van der Waals surface area contributed by atoms with Gasteiger partial charge in [-0.2, -0.15) is 0 Å². The summed E-state index contributed by atoms with van der Waals surface area (Å²) in [5, 5.41) is 2.51. The number of rotatable bonds is 6. The van der Waals surface area contributed by atoms with Gasteiger partial charge in [-0.15, -0.1) is 0 Å². The van der Waals surface area contributed by atoms with Gasteiger partial charge in [-0.1, -0.05) is 12.1 Å². The summed E-state index contributed by atoms with van der Waals surface area (Å²) in [6.45, 7) is 3.34. The van der Waals surface area contributed by atoms with Crippen LogP contribution in [0.25, 0.3) is 11.3 Å². The Morgan fingerprint density at radius 2 is 1.69 bits per heavy atom. The van der Waals surface area contributed by atoms with E-state index in [1.807, 2.05) is 18.2 Å². The van der Waals surface area contributed by atoms with Crippen LogP contribution in [-0.2, 0) is 11.3 Å². The molecule has 4 fully saturated rings. The molecule has 0 spiro atoms. The van der Waals surface area contributed by atoms with E-state index in [2.05, 4.69) is 18.3 Å². The predicted molar refractivity (Wildman–Crippen MR) is 111 cm³/mol. The third kappa shape index (κ3) is 3.52. The van der Waals surface area contributed by atoms with Gasteiger partial charge in [-0.05, 0) is 87.5 Å². The lowest BCUT2D eigenvalue weighted by molar-refractivity contribution is -0.718. The smallest absolute Gasteiger partial charge is 0.337 e. The SMILES string of the molecule is COC(=O)c1ccc(-c2ccc(C[NH2+][C@H](C)C34CC5CC(CC(C5)C3)C4)o2)cc1. The van der Waals surface area contributed by atoms with Gasteiger partial charge in [-0.25, -0.2) is 4.79 Å². The summed E-state index contributed by atoms with van der Waals surface area (Å²) in [4.78, 5) is 11.6. The standard InChI is InChI=1S/C25H31NO3/c1-16(25-12-17-9-18(13-25)11-19(10-17)14-25)26-15-22-7-8-23(29-22)20-3-5-21(6-4-20)24(27)28-2/h3-8,16-19,26H,9-15H2,1-2H3/p+1/t16-,17?,18?,19?,25?/m1/s1. The van der Waals surface area contributed by atoms with Gasteiger partial charge >= 0.3 is 5.97 Å². The number of furan rings is 1. The van der Waals surface area contributed by atoms with Crippen molar-refractivity contribution in [2.45, 2.75) is 58.0 Å². The van der Waals surface area contributed by atoms with Crippen molar-refractivity contribution < 1.29 is 19.3 Å². The molecule has 0 aliphatic heterocycles. The Morgan fingerprint density at radius 3 is 2.28 bits per heavy atom. The maximum atomic E-state index is 11.6. The molecule has 4 bridgehead atoms. The minimum absolute atomic E-state index is 0.315. The summed E-state index contributed by atoms with van der Waals surface area (Å²) >= 11 is 0. The highest BCUT2D eigenvalue weighted by Gasteiger charge is 2.54. The zero-order chi connectivity index (χ0) is 20.0. The largest absolute Gasteiger partial charge is 0.465 e. The van der Waals surface area contributed by atoms with Gasteiger partial charge < -0.3 is 14.5 Å². The fraction of sp³-hybridized carbons (Fsp3) is 0.560. The maximum Gasteiger partial charge on any atom is 0.337 e. The predicted octanol–water partition coefficient (Wildman–Crippen LogP) is 4.40. The van der Waals surface area contributed by atoms with Crippen LogP contribution in [0.5, 0.6) is 0 Å². The first-order chi connectivity index (χ1) is 14.0. The van der Waals surface area contributed by atoms with Crippen molar-refractivity contribution in [3.63, 3.8) is 0 Å². The molecular weight excluding hydrogens is 362 g/mol. The monoisotopic (exact) mass is 394 g/mol. The van der Waals surface area contributed by atoms with Crippen LogP contribution in [0.1, 0.15) is 61.6 Å². The number of hydrogen-bond acceptors (Lipinski definition) is 3. The summed E-state index contributed by atoms with van der Waals surface area (Å²) in [5.74, 6) is 4.56. The van der Waals surface area contributed by atoms with Crippen LogP contribution in [0, 0.1) is 23.2 Å². The third-order valence-corrected chi connectivity index (χ3v) is 7.98. The number of hydrogen-bond donors (Lipinski definition) is 1. The number of methoxy groups -OCH3 is 1. The average Bonchev–Trinajstić information content (AvgIpc) is 3.19. The first-order valence-corrected chi connectivity index (χ1v) is 11.2. The zero-order valence-electron chi connectivity index (χ0n) is 17.5. The molecule has 0 amide bonds. The average molecular weight is 395 g/mol. The number of nitrogens with two attached hydrogens (primary N) is 1. The molecule has 4 saturated carbocycles. The maximum absolute atomic E-state index is 11.6. The lowest BCUT2D eigenvalue weighted by Crippen LogP contribution is -2.91. The second-order valence-electron chi connectivity index (χ2n) is 9.84. The van der Waals surface area contributed by atoms with Crippen LogP contribution >= 0.6 is 0 Å². The fourth-order valence-corrected chi connectivity index (χ4v) is 6.81. The van der Waals surface area contributed by atoms with Gasteiger partial charge in [-0.3, -0.25) is 0 Å². The van der Waals surface area contributed by atoms with Crippen LogP contribution in [0.2, 0.25) is 0 Å². The van der Waals surface area contributed by atoms with Gasteiger partial charge in [0, 0.05) is 11.0 Å². The van der Waals surface area contributed by atoms with Crippen LogP contribution in [0.15, 0.2) is 40.8 Å². The van der Waals surface area contributed by atoms with Crippen LogP contribution in [0.3, 0.4) is 0 Å². The molecule has 4 aliphatic rings. The van der Waals surface area contributed by atoms with E-state index in [-0.39, 0.29) is 5.97 Å². The van der Waals surface area contributed by atoms with Crippen molar-refractivity contribution >= 4 is 5.97 Å². The first kappa shape index (κ1) is 18.9. The minimum atomic E-state index is -0.315. The molecule has 1 heterocycles.